The molecule has 2 N–H and O–H groups in total. The number of nitrogens with two attached hydrogens (primary N) is 1. The fourth-order valence-corrected chi connectivity index (χ4v) is 1.92. The van der Waals surface area contributed by atoms with E-state index in [0.29, 0.717) is 24.5 Å². The van der Waals surface area contributed by atoms with Crippen molar-refractivity contribution in [2.45, 2.75) is 0 Å². The van der Waals surface area contributed by atoms with Crippen LogP contribution in [-0.2, 0) is 7.05 Å². The first kappa shape index (κ1) is 14.0. The summed E-state index contributed by atoms with van der Waals surface area (Å²) in [5, 5.41) is 0. The summed E-state index contributed by atoms with van der Waals surface area (Å²) >= 11 is 0. The predicted octanol–water partition coefficient (Wildman–Crippen LogP) is 1.76. The summed E-state index contributed by atoms with van der Waals surface area (Å²) in [7, 11) is 3.55. The molecule has 0 saturated heterocycles. The molecule has 106 valence electrons. The lowest BCUT2D eigenvalue weighted by Crippen LogP contribution is -2.32. The molecule has 5 heteroatoms. The number of carbonyl (C=O) groups excluding carboxylic acids is 1. The Labute approximate surface area is 118 Å². The third-order valence-corrected chi connectivity index (χ3v) is 3.03. The number of aromatic nitrogens is 1. The van der Waals surface area contributed by atoms with Gasteiger partial charge in [0.2, 0.25) is 0 Å². The van der Waals surface area contributed by atoms with Crippen molar-refractivity contribution in [1.29, 1.82) is 0 Å². The summed E-state index contributed by atoms with van der Waals surface area (Å²) in [5.41, 5.74) is 6.84. The van der Waals surface area contributed by atoms with Gasteiger partial charge >= 0.3 is 0 Å². The number of rotatable bonds is 5. The van der Waals surface area contributed by atoms with Crippen LogP contribution in [0.3, 0.4) is 0 Å². The Kier molecular flexibility index (Phi) is 4.30. The monoisotopic (exact) mass is 273 g/mol. The van der Waals surface area contributed by atoms with Crippen LogP contribution in [0, 0.1) is 0 Å². The number of likely N-dealkylation sites (N-methyl/N-ethyl adjacent to an activating group) is 1. The van der Waals surface area contributed by atoms with Crippen LogP contribution in [-0.4, -0.2) is 35.6 Å². The van der Waals surface area contributed by atoms with Crippen molar-refractivity contribution in [3.63, 3.8) is 0 Å². The molecular weight excluding hydrogens is 254 g/mol. The first-order chi connectivity index (χ1) is 9.58. The number of carbonyl (C=O) groups is 1. The van der Waals surface area contributed by atoms with Crippen LogP contribution in [0.2, 0.25) is 0 Å². The van der Waals surface area contributed by atoms with Crippen molar-refractivity contribution >= 4 is 11.6 Å². The van der Waals surface area contributed by atoms with Gasteiger partial charge in [-0.05, 0) is 18.2 Å². The number of nitrogens with zero attached hydrogens (tertiary/aromatic N) is 2. The number of benzene rings is 1. The normalized spacial score (nSPS) is 10.3. The highest BCUT2D eigenvalue weighted by Crippen LogP contribution is 2.11. The van der Waals surface area contributed by atoms with Crippen molar-refractivity contribution in [3.05, 3.63) is 48.3 Å². The van der Waals surface area contributed by atoms with Crippen LogP contribution in [0.5, 0.6) is 5.75 Å². The van der Waals surface area contributed by atoms with Gasteiger partial charge in [0, 0.05) is 20.3 Å². The van der Waals surface area contributed by atoms with Gasteiger partial charge < -0.3 is 19.9 Å². The van der Waals surface area contributed by atoms with E-state index < -0.39 is 0 Å². The molecule has 0 fully saturated rings. The van der Waals surface area contributed by atoms with Crippen molar-refractivity contribution < 1.29 is 9.53 Å². The second kappa shape index (κ2) is 6.14. The van der Waals surface area contributed by atoms with E-state index in [-0.39, 0.29) is 5.91 Å². The first-order valence-electron chi connectivity index (χ1n) is 6.43. The lowest BCUT2D eigenvalue weighted by Gasteiger charge is -2.17. The number of aryl methyl sites for hydroxylation is 1. The molecule has 2 aromatic rings. The van der Waals surface area contributed by atoms with Gasteiger partial charge in [-0.2, -0.15) is 0 Å². The highest BCUT2D eigenvalue weighted by molar-refractivity contribution is 5.93. The zero-order valence-electron chi connectivity index (χ0n) is 11.7. The molecule has 0 bridgehead atoms. The third-order valence-electron chi connectivity index (χ3n) is 3.03. The van der Waals surface area contributed by atoms with Crippen LogP contribution >= 0.6 is 0 Å². The van der Waals surface area contributed by atoms with E-state index in [1.54, 1.807) is 35.8 Å². The summed E-state index contributed by atoms with van der Waals surface area (Å²) in [4.78, 5) is 13.8. The Morgan fingerprint density at radius 2 is 2.05 bits per heavy atom. The zero-order valence-corrected chi connectivity index (χ0v) is 11.7. The van der Waals surface area contributed by atoms with Crippen LogP contribution in [0.25, 0.3) is 0 Å². The number of hydrogen-bond acceptors (Lipinski definition) is 3. The standard InChI is InChI=1S/C15H19N3O2/c1-17(8-9-20-13-6-4-3-5-7-13)15(19)14-10-12(16)11-18(14)2/h3-7,10-11H,8-9,16H2,1-2H3. The van der Waals surface area contributed by atoms with E-state index in [4.69, 9.17) is 10.5 Å². The molecule has 1 aromatic carbocycles. The molecule has 1 aromatic heterocycles. The molecule has 5 nitrogen and oxygen atoms in total. The summed E-state index contributed by atoms with van der Waals surface area (Å²) < 4.78 is 7.30. The molecule has 1 amide bonds. The quantitative estimate of drug-likeness (QED) is 0.903. The maximum atomic E-state index is 12.2. The summed E-state index contributed by atoms with van der Waals surface area (Å²) in [6.07, 6.45) is 1.72. The van der Waals surface area contributed by atoms with Gasteiger partial charge in [0.05, 0.1) is 12.2 Å². The SMILES string of the molecule is CN(CCOc1ccccc1)C(=O)c1cc(N)cn1C. The molecule has 0 atom stereocenters. The highest BCUT2D eigenvalue weighted by atomic mass is 16.5. The van der Waals surface area contributed by atoms with Crippen LogP contribution in [0.15, 0.2) is 42.6 Å². The van der Waals surface area contributed by atoms with Crippen molar-refractivity contribution in [1.82, 2.24) is 9.47 Å². The van der Waals surface area contributed by atoms with E-state index in [9.17, 15) is 4.79 Å². The average molecular weight is 273 g/mol. The van der Waals surface area contributed by atoms with E-state index in [1.165, 1.54) is 0 Å². The van der Waals surface area contributed by atoms with Gasteiger partial charge in [-0.1, -0.05) is 18.2 Å². The maximum Gasteiger partial charge on any atom is 0.270 e. The Balaban J connectivity index is 1.87. The first-order valence-corrected chi connectivity index (χ1v) is 6.43. The van der Waals surface area contributed by atoms with Gasteiger partial charge in [0.1, 0.15) is 18.1 Å². The summed E-state index contributed by atoms with van der Waals surface area (Å²) in [6.45, 7) is 0.963. The second-order valence-electron chi connectivity index (χ2n) is 4.66. The van der Waals surface area contributed by atoms with Gasteiger partial charge in [-0.25, -0.2) is 0 Å². The molecule has 1 heterocycles. The number of amides is 1. The van der Waals surface area contributed by atoms with E-state index >= 15 is 0 Å². The minimum atomic E-state index is -0.0686. The summed E-state index contributed by atoms with van der Waals surface area (Å²) in [6, 6.07) is 11.2. The molecule has 2 rings (SSSR count). The highest BCUT2D eigenvalue weighted by Gasteiger charge is 2.15. The van der Waals surface area contributed by atoms with E-state index in [0.717, 1.165) is 5.75 Å². The Morgan fingerprint density at radius 1 is 1.35 bits per heavy atom. The molecule has 0 aliphatic rings. The number of anilines is 1. The van der Waals surface area contributed by atoms with Gasteiger partial charge in [-0.15, -0.1) is 0 Å². The van der Waals surface area contributed by atoms with Gasteiger partial charge in [-0.3, -0.25) is 4.79 Å². The fraction of sp³-hybridized carbons (Fsp3) is 0.267. The van der Waals surface area contributed by atoms with Gasteiger partial charge in [0.25, 0.3) is 5.91 Å². The van der Waals surface area contributed by atoms with Crippen LogP contribution in [0.4, 0.5) is 5.69 Å². The summed E-state index contributed by atoms with van der Waals surface area (Å²) in [5.74, 6) is 0.734. The second-order valence-corrected chi connectivity index (χ2v) is 4.66. The maximum absolute atomic E-state index is 12.2. The fourth-order valence-electron chi connectivity index (χ4n) is 1.92. The molecule has 0 radical (unpaired) electrons. The van der Waals surface area contributed by atoms with E-state index in [1.807, 2.05) is 30.3 Å². The molecular formula is C15H19N3O2. The minimum Gasteiger partial charge on any atom is -0.492 e. The topological polar surface area (TPSA) is 60.5 Å². The Bertz CT molecular complexity index is 578. The molecule has 0 saturated carbocycles. The lowest BCUT2D eigenvalue weighted by atomic mass is 10.3. The smallest absolute Gasteiger partial charge is 0.270 e. The van der Waals surface area contributed by atoms with Crippen molar-refractivity contribution in [2.75, 3.05) is 25.9 Å². The van der Waals surface area contributed by atoms with Crippen LogP contribution in [0.1, 0.15) is 10.5 Å². The van der Waals surface area contributed by atoms with E-state index in [2.05, 4.69) is 0 Å². The molecule has 0 aliphatic carbocycles. The molecule has 20 heavy (non-hydrogen) atoms. The molecule has 0 aliphatic heterocycles. The number of hydrogen-bond donors (Lipinski definition) is 1. The Morgan fingerprint density at radius 3 is 2.65 bits per heavy atom. The molecule has 0 unspecified atom stereocenters. The van der Waals surface area contributed by atoms with Crippen molar-refractivity contribution in [3.8, 4) is 5.75 Å². The average Bonchev–Trinajstić information content (AvgIpc) is 2.78. The zero-order chi connectivity index (χ0) is 14.5. The largest absolute Gasteiger partial charge is 0.492 e. The number of ether oxygens (including phenoxy) is 1. The number of para-hydroxylation sites is 1. The Hall–Kier alpha value is -2.43. The van der Waals surface area contributed by atoms with Crippen LogP contribution < -0.4 is 10.5 Å². The predicted molar refractivity (Wildman–Crippen MR) is 78.7 cm³/mol. The van der Waals surface area contributed by atoms with Gasteiger partial charge in [0.15, 0.2) is 0 Å². The lowest BCUT2D eigenvalue weighted by molar-refractivity contribution is 0.0764. The number of nitrogen functional groups attached to an aromatic ring is 1. The third kappa shape index (κ3) is 3.32. The van der Waals surface area contributed by atoms with Crippen molar-refractivity contribution in [2.24, 2.45) is 7.05 Å². The minimum absolute atomic E-state index is 0.0686. The molecule has 0 spiro atoms.